The minimum Gasteiger partial charge on any atom is -0.323 e. The Morgan fingerprint density at radius 2 is 1.53 bits per heavy atom. The first-order valence-corrected chi connectivity index (χ1v) is 6.28. The van der Waals surface area contributed by atoms with Gasteiger partial charge in [0.25, 0.3) is 0 Å². The summed E-state index contributed by atoms with van der Waals surface area (Å²) in [5.41, 5.74) is 5.66. The fourth-order valence-electron chi connectivity index (χ4n) is 3.13. The molecule has 0 radical (unpaired) electrons. The molecule has 2 aromatic rings. The first-order chi connectivity index (χ1) is 8.31. The number of aromatic nitrogens is 1. The van der Waals surface area contributed by atoms with Crippen LogP contribution in [0.25, 0.3) is 5.69 Å². The molecule has 0 spiro atoms. The topological polar surface area (TPSA) is 4.93 Å². The van der Waals surface area contributed by atoms with Gasteiger partial charge in [0.1, 0.15) is 0 Å². The summed E-state index contributed by atoms with van der Waals surface area (Å²) in [5, 5.41) is 0. The van der Waals surface area contributed by atoms with E-state index in [0.29, 0.717) is 11.8 Å². The van der Waals surface area contributed by atoms with Gasteiger partial charge in [-0.3, -0.25) is 0 Å². The van der Waals surface area contributed by atoms with Crippen LogP contribution in [0.3, 0.4) is 0 Å². The van der Waals surface area contributed by atoms with E-state index in [1.54, 1.807) is 0 Å². The molecule has 0 fully saturated rings. The molecule has 2 bridgehead atoms. The van der Waals surface area contributed by atoms with Crippen molar-refractivity contribution in [2.24, 2.45) is 0 Å². The monoisotopic (exact) mass is 221 g/mol. The average molecular weight is 221 g/mol. The maximum atomic E-state index is 2.37. The third kappa shape index (κ3) is 1.25. The molecule has 2 aliphatic carbocycles. The number of rotatable bonds is 1. The zero-order chi connectivity index (χ0) is 11.4. The summed E-state index contributed by atoms with van der Waals surface area (Å²) in [5.74, 6) is 1.36. The smallest absolute Gasteiger partial charge is 0.0449 e. The van der Waals surface area contributed by atoms with E-state index in [1.165, 1.54) is 28.8 Å². The van der Waals surface area contributed by atoms with E-state index in [4.69, 9.17) is 0 Å². The average Bonchev–Trinajstić information content (AvgIpc) is 3.02. The van der Waals surface area contributed by atoms with Crippen molar-refractivity contribution >= 4 is 0 Å². The minimum atomic E-state index is 0.682. The molecule has 0 amide bonds. The van der Waals surface area contributed by atoms with E-state index < -0.39 is 0 Å². The van der Waals surface area contributed by atoms with Gasteiger partial charge in [0.15, 0.2) is 0 Å². The molecule has 17 heavy (non-hydrogen) atoms. The van der Waals surface area contributed by atoms with E-state index in [1.807, 2.05) is 0 Å². The van der Waals surface area contributed by atoms with Gasteiger partial charge in [-0.15, -0.1) is 0 Å². The number of aryl methyl sites for hydroxylation is 1. The van der Waals surface area contributed by atoms with Crippen LogP contribution >= 0.6 is 0 Å². The normalized spacial score (nSPS) is 24.3. The van der Waals surface area contributed by atoms with E-state index in [2.05, 4.69) is 60.3 Å². The summed E-state index contributed by atoms with van der Waals surface area (Å²) in [7, 11) is 0. The summed E-state index contributed by atoms with van der Waals surface area (Å²) >= 11 is 0. The van der Waals surface area contributed by atoms with Gasteiger partial charge in [-0.1, -0.05) is 29.8 Å². The summed E-state index contributed by atoms with van der Waals surface area (Å²) in [6.07, 6.45) is 10.7. The Bertz CT molecular complexity index is 571. The molecular formula is C16H15N. The SMILES string of the molecule is Cc1ccc(-n2cc3c(c2)C2C=CC3C2)cc1. The van der Waals surface area contributed by atoms with Crippen LogP contribution in [0.15, 0.2) is 48.8 Å². The van der Waals surface area contributed by atoms with E-state index >= 15 is 0 Å². The molecule has 0 saturated heterocycles. The third-order valence-corrected chi connectivity index (χ3v) is 4.10. The summed E-state index contributed by atoms with van der Waals surface area (Å²) < 4.78 is 2.27. The molecule has 1 heterocycles. The molecule has 0 N–H and O–H groups in total. The summed E-state index contributed by atoms with van der Waals surface area (Å²) in [4.78, 5) is 0. The Morgan fingerprint density at radius 3 is 2.12 bits per heavy atom. The lowest BCUT2D eigenvalue weighted by Crippen LogP contribution is -1.91. The summed E-state index contributed by atoms with van der Waals surface area (Å²) in [6.45, 7) is 2.13. The molecule has 2 unspecified atom stereocenters. The Labute approximate surface area is 101 Å². The van der Waals surface area contributed by atoms with Crippen LogP contribution in [-0.2, 0) is 0 Å². The standard InChI is InChI=1S/C16H15N/c1-11-2-6-14(7-3-11)17-9-15-12-4-5-13(8-12)16(15)10-17/h2-7,9-10,12-13H,8H2,1H3. The lowest BCUT2D eigenvalue weighted by molar-refractivity contribution is 0.791. The zero-order valence-corrected chi connectivity index (χ0v) is 9.93. The maximum absolute atomic E-state index is 2.37. The Morgan fingerprint density at radius 1 is 0.941 bits per heavy atom. The number of allylic oxidation sites excluding steroid dienone is 2. The number of nitrogens with zero attached hydrogens (tertiary/aromatic N) is 1. The highest BCUT2D eigenvalue weighted by Crippen LogP contribution is 2.48. The molecular weight excluding hydrogens is 206 g/mol. The zero-order valence-electron chi connectivity index (χ0n) is 9.93. The van der Waals surface area contributed by atoms with Gasteiger partial charge in [0.2, 0.25) is 0 Å². The van der Waals surface area contributed by atoms with Crippen LogP contribution in [-0.4, -0.2) is 4.57 Å². The first kappa shape index (κ1) is 9.29. The highest BCUT2D eigenvalue weighted by atomic mass is 15.0. The van der Waals surface area contributed by atoms with Crippen molar-refractivity contribution in [3.05, 3.63) is 65.5 Å². The van der Waals surface area contributed by atoms with Gasteiger partial charge in [-0.05, 0) is 36.6 Å². The Hall–Kier alpha value is -1.76. The van der Waals surface area contributed by atoms with Crippen LogP contribution in [0, 0.1) is 6.92 Å². The second kappa shape index (κ2) is 3.13. The molecule has 1 aromatic carbocycles. The molecule has 2 aliphatic rings. The number of benzene rings is 1. The predicted molar refractivity (Wildman–Crippen MR) is 69.7 cm³/mol. The van der Waals surface area contributed by atoms with Crippen molar-refractivity contribution in [3.8, 4) is 5.69 Å². The molecule has 1 heteroatoms. The third-order valence-electron chi connectivity index (χ3n) is 4.10. The number of hydrogen-bond donors (Lipinski definition) is 0. The molecule has 0 saturated carbocycles. The lowest BCUT2D eigenvalue weighted by Gasteiger charge is -2.05. The Kier molecular flexibility index (Phi) is 1.71. The fraction of sp³-hybridized carbons (Fsp3) is 0.250. The van der Waals surface area contributed by atoms with Crippen LogP contribution in [0.2, 0.25) is 0 Å². The summed E-state index contributed by atoms with van der Waals surface area (Å²) in [6, 6.07) is 8.74. The van der Waals surface area contributed by atoms with Gasteiger partial charge >= 0.3 is 0 Å². The minimum absolute atomic E-state index is 0.682. The van der Waals surface area contributed by atoms with Gasteiger partial charge in [0, 0.05) is 29.9 Å². The van der Waals surface area contributed by atoms with Gasteiger partial charge in [-0.2, -0.15) is 0 Å². The van der Waals surface area contributed by atoms with Gasteiger partial charge in [-0.25, -0.2) is 0 Å². The molecule has 2 atom stereocenters. The quantitative estimate of drug-likeness (QED) is 0.643. The Balaban J connectivity index is 1.80. The van der Waals surface area contributed by atoms with Crippen LogP contribution in [0.5, 0.6) is 0 Å². The second-order valence-corrected chi connectivity index (χ2v) is 5.25. The van der Waals surface area contributed by atoms with Crippen molar-refractivity contribution in [1.29, 1.82) is 0 Å². The maximum Gasteiger partial charge on any atom is 0.0449 e. The highest BCUT2D eigenvalue weighted by molar-refractivity contribution is 5.49. The number of fused-ring (bicyclic) bond motifs is 5. The van der Waals surface area contributed by atoms with Crippen LogP contribution in [0.4, 0.5) is 0 Å². The highest BCUT2D eigenvalue weighted by Gasteiger charge is 2.33. The van der Waals surface area contributed by atoms with E-state index in [-0.39, 0.29) is 0 Å². The second-order valence-electron chi connectivity index (χ2n) is 5.25. The molecule has 4 rings (SSSR count). The largest absolute Gasteiger partial charge is 0.323 e. The molecule has 0 aliphatic heterocycles. The predicted octanol–water partition coefficient (Wildman–Crippen LogP) is 3.93. The number of hydrogen-bond acceptors (Lipinski definition) is 0. The fourth-order valence-corrected chi connectivity index (χ4v) is 3.13. The van der Waals surface area contributed by atoms with Gasteiger partial charge < -0.3 is 4.57 Å². The van der Waals surface area contributed by atoms with E-state index in [9.17, 15) is 0 Å². The van der Waals surface area contributed by atoms with Crippen LogP contribution in [0.1, 0.15) is 34.9 Å². The van der Waals surface area contributed by atoms with Gasteiger partial charge in [0.05, 0.1) is 0 Å². The van der Waals surface area contributed by atoms with Crippen molar-refractivity contribution in [2.45, 2.75) is 25.2 Å². The van der Waals surface area contributed by atoms with Crippen molar-refractivity contribution in [3.63, 3.8) is 0 Å². The van der Waals surface area contributed by atoms with Crippen LogP contribution < -0.4 is 0 Å². The van der Waals surface area contributed by atoms with Crippen molar-refractivity contribution < 1.29 is 0 Å². The molecule has 1 nitrogen and oxygen atoms in total. The molecule has 84 valence electrons. The first-order valence-electron chi connectivity index (χ1n) is 6.28. The molecule has 1 aromatic heterocycles. The van der Waals surface area contributed by atoms with Crippen molar-refractivity contribution in [1.82, 2.24) is 4.57 Å². The lowest BCUT2D eigenvalue weighted by atomic mass is 10.0. The van der Waals surface area contributed by atoms with Crippen molar-refractivity contribution in [2.75, 3.05) is 0 Å². The van der Waals surface area contributed by atoms with E-state index in [0.717, 1.165) is 0 Å².